The van der Waals surface area contributed by atoms with Crippen LogP contribution in [0, 0.1) is 10.1 Å². The lowest BCUT2D eigenvalue weighted by Gasteiger charge is -2.36. The molecule has 0 radical (unpaired) electrons. The lowest BCUT2D eigenvalue weighted by atomic mass is 10.1. The first-order chi connectivity index (χ1) is 14.5. The maximum atomic E-state index is 12.7. The van der Waals surface area contributed by atoms with Crippen LogP contribution in [0.4, 0.5) is 16.3 Å². The number of urea groups is 1. The highest BCUT2D eigenvalue weighted by molar-refractivity contribution is 7.07. The van der Waals surface area contributed by atoms with Gasteiger partial charge >= 0.3 is 11.8 Å². The quantitative estimate of drug-likeness (QED) is 0.509. The van der Waals surface area contributed by atoms with Gasteiger partial charge in [0, 0.05) is 38.8 Å². The number of rotatable bonds is 8. The van der Waals surface area contributed by atoms with Crippen molar-refractivity contribution in [3.63, 3.8) is 0 Å². The third kappa shape index (κ3) is 5.25. The summed E-state index contributed by atoms with van der Waals surface area (Å²) >= 11 is 1.67. The summed E-state index contributed by atoms with van der Waals surface area (Å²) in [6.07, 6.45) is 1.52. The van der Waals surface area contributed by atoms with Crippen molar-refractivity contribution >= 4 is 28.9 Å². The minimum atomic E-state index is -0.506. The molecular formula is C20H28N6O3S. The van der Waals surface area contributed by atoms with Crippen molar-refractivity contribution in [2.75, 3.05) is 50.7 Å². The number of piperazine rings is 1. The molecule has 162 valence electrons. The molecule has 1 saturated heterocycles. The van der Waals surface area contributed by atoms with Gasteiger partial charge in [0.1, 0.15) is 0 Å². The van der Waals surface area contributed by atoms with E-state index in [2.05, 4.69) is 50.8 Å². The van der Waals surface area contributed by atoms with E-state index in [0.29, 0.717) is 32.7 Å². The number of nitro groups is 1. The molecule has 1 fully saturated rings. The Hall–Kier alpha value is -2.72. The van der Waals surface area contributed by atoms with Gasteiger partial charge in [-0.3, -0.25) is 4.90 Å². The van der Waals surface area contributed by atoms with Gasteiger partial charge in [-0.2, -0.15) is 11.3 Å². The SMILES string of the molecule is CCN(CC)[C@H](CNC(=O)N1CCN(c2ccc([N+](=O)[O-])nc2)CC1)c1ccsc1. The molecule has 0 spiro atoms. The zero-order chi connectivity index (χ0) is 21.5. The topological polar surface area (TPSA) is 94.9 Å². The maximum Gasteiger partial charge on any atom is 0.363 e. The third-order valence-corrected chi connectivity index (χ3v) is 6.18. The number of likely N-dealkylation sites (N-methyl/N-ethyl adjacent to an activating group) is 1. The number of nitrogens with zero attached hydrogens (tertiary/aromatic N) is 5. The third-order valence-electron chi connectivity index (χ3n) is 5.48. The number of anilines is 1. The second-order valence-corrected chi connectivity index (χ2v) is 7.87. The van der Waals surface area contributed by atoms with E-state index in [1.807, 2.05) is 4.90 Å². The fourth-order valence-corrected chi connectivity index (χ4v) is 4.43. The molecule has 2 aromatic rings. The van der Waals surface area contributed by atoms with Crippen LogP contribution in [-0.4, -0.2) is 71.6 Å². The van der Waals surface area contributed by atoms with Crippen LogP contribution < -0.4 is 10.2 Å². The summed E-state index contributed by atoms with van der Waals surface area (Å²) in [7, 11) is 0. The first kappa shape index (κ1) is 22.0. The van der Waals surface area contributed by atoms with Crippen LogP contribution in [0.25, 0.3) is 0 Å². The highest BCUT2D eigenvalue weighted by Gasteiger charge is 2.24. The van der Waals surface area contributed by atoms with E-state index in [0.717, 1.165) is 18.8 Å². The number of amides is 2. The van der Waals surface area contributed by atoms with Crippen LogP contribution in [0.15, 0.2) is 35.2 Å². The van der Waals surface area contributed by atoms with E-state index in [9.17, 15) is 14.9 Å². The molecule has 3 rings (SSSR count). The van der Waals surface area contributed by atoms with Gasteiger partial charge in [-0.1, -0.05) is 13.8 Å². The maximum absolute atomic E-state index is 12.7. The molecule has 3 heterocycles. The summed E-state index contributed by atoms with van der Waals surface area (Å²) in [6, 6.07) is 5.35. The molecule has 10 heteroatoms. The normalized spacial score (nSPS) is 15.3. The highest BCUT2D eigenvalue weighted by Crippen LogP contribution is 2.22. The molecular weight excluding hydrogens is 404 g/mol. The summed E-state index contributed by atoms with van der Waals surface area (Å²) in [4.78, 5) is 33.1. The van der Waals surface area contributed by atoms with E-state index >= 15 is 0 Å². The minimum Gasteiger partial charge on any atom is -0.365 e. The predicted molar refractivity (Wildman–Crippen MR) is 118 cm³/mol. The van der Waals surface area contributed by atoms with E-state index in [1.54, 1.807) is 17.4 Å². The van der Waals surface area contributed by atoms with Gasteiger partial charge in [0.15, 0.2) is 6.20 Å². The number of thiophene rings is 1. The molecule has 1 aliphatic rings. The van der Waals surface area contributed by atoms with Gasteiger partial charge in [0.25, 0.3) is 0 Å². The number of carbonyl (C=O) groups is 1. The summed E-state index contributed by atoms with van der Waals surface area (Å²) in [5.74, 6) is -0.162. The molecule has 0 aliphatic carbocycles. The Morgan fingerprint density at radius 2 is 2.00 bits per heavy atom. The van der Waals surface area contributed by atoms with Crippen LogP contribution in [0.5, 0.6) is 0 Å². The second kappa shape index (κ2) is 10.4. The highest BCUT2D eigenvalue weighted by atomic mass is 32.1. The summed E-state index contributed by atoms with van der Waals surface area (Å²) in [5.41, 5.74) is 2.07. The molecule has 2 amide bonds. The van der Waals surface area contributed by atoms with Crippen LogP contribution in [0.2, 0.25) is 0 Å². The number of hydrogen-bond donors (Lipinski definition) is 1. The fraction of sp³-hybridized carbons (Fsp3) is 0.500. The van der Waals surface area contributed by atoms with Gasteiger partial charge in [0.2, 0.25) is 0 Å². The predicted octanol–water partition coefficient (Wildman–Crippen LogP) is 2.97. The first-order valence-corrected chi connectivity index (χ1v) is 11.1. The Balaban J connectivity index is 1.52. The van der Waals surface area contributed by atoms with Crippen LogP contribution in [0.1, 0.15) is 25.5 Å². The van der Waals surface area contributed by atoms with Crippen molar-refractivity contribution in [3.05, 3.63) is 50.8 Å². The molecule has 0 aromatic carbocycles. The largest absolute Gasteiger partial charge is 0.365 e. The van der Waals surface area contributed by atoms with E-state index in [-0.39, 0.29) is 17.9 Å². The number of carbonyl (C=O) groups excluding carboxylic acids is 1. The molecule has 1 atom stereocenters. The van der Waals surface area contributed by atoms with Gasteiger partial charge in [-0.05, 0) is 51.5 Å². The summed E-state index contributed by atoms with van der Waals surface area (Å²) in [6.45, 7) is 9.21. The van der Waals surface area contributed by atoms with Crippen molar-refractivity contribution in [1.29, 1.82) is 0 Å². The molecule has 2 aromatic heterocycles. The summed E-state index contributed by atoms with van der Waals surface area (Å²) in [5, 5.41) is 18.1. The summed E-state index contributed by atoms with van der Waals surface area (Å²) < 4.78 is 0. The second-order valence-electron chi connectivity index (χ2n) is 7.09. The average molecular weight is 433 g/mol. The van der Waals surface area contributed by atoms with Gasteiger partial charge in [0.05, 0.1) is 11.7 Å². The first-order valence-electron chi connectivity index (χ1n) is 10.2. The van der Waals surface area contributed by atoms with Crippen molar-refractivity contribution in [3.8, 4) is 0 Å². The Labute approximate surface area is 180 Å². The Kier molecular flexibility index (Phi) is 7.58. The van der Waals surface area contributed by atoms with E-state index < -0.39 is 4.92 Å². The van der Waals surface area contributed by atoms with Gasteiger partial charge in [-0.25, -0.2) is 4.79 Å². The molecule has 0 bridgehead atoms. The van der Waals surface area contributed by atoms with Crippen molar-refractivity contribution < 1.29 is 9.72 Å². The lowest BCUT2D eigenvalue weighted by Crippen LogP contribution is -2.52. The fourth-order valence-electron chi connectivity index (χ4n) is 3.72. The van der Waals surface area contributed by atoms with Crippen molar-refractivity contribution in [2.45, 2.75) is 19.9 Å². The molecule has 1 aliphatic heterocycles. The lowest BCUT2D eigenvalue weighted by molar-refractivity contribution is -0.389. The standard InChI is InChI=1S/C20H28N6O3S/c1-3-23(4-2)18(16-7-12-30-15-16)14-22-20(27)25-10-8-24(9-11-25)17-5-6-19(21-13-17)26(28)29/h5-7,12-13,15,18H,3-4,8-11,14H2,1-2H3,(H,22,27)/t18-/m1/s1. The Morgan fingerprint density at radius 1 is 1.27 bits per heavy atom. The number of pyridine rings is 1. The van der Waals surface area contributed by atoms with Crippen molar-refractivity contribution in [1.82, 2.24) is 20.1 Å². The molecule has 0 saturated carbocycles. The molecule has 1 N–H and O–H groups in total. The van der Waals surface area contributed by atoms with Crippen LogP contribution >= 0.6 is 11.3 Å². The Bertz CT molecular complexity index is 818. The monoisotopic (exact) mass is 432 g/mol. The van der Waals surface area contributed by atoms with Crippen LogP contribution in [0.3, 0.4) is 0 Å². The van der Waals surface area contributed by atoms with Gasteiger partial charge < -0.3 is 25.2 Å². The van der Waals surface area contributed by atoms with Crippen molar-refractivity contribution in [2.24, 2.45) is 0 Å². The number of nitrogens with one attached hydrogen (secondary N) is 1. The zero-order valence-electron chi connectivity index (χ0n) is 17.4. The average Bonchev–Trinajstić information content (AvgIpc) is 3.31. The molecule has 0 unspecified atom stereocenters. The molecule has 9 nitrogen and oxygen atoms in total. The minimum absolute atomic E-state index is 0.0520. The number of aromatic nitrogens is 1. The smallest absolute Gasteiger partial charge is 0.363 e. The van der Waals surface area contributed by atoms with E-state index in [1.165, 1.54) is 17.8 Å². The van der Waals surface area contributed by atoms with E-state index in [4.69, 9.17) is 0 Å². The zero-order valence-corrected chi connectivity index (χ0v) is 18.2. The van der Waals surface area contributed by atoms with Gasteiger partial charge in [-0.15, -0.1) is 0 Å². The Morgan fingerprint density at radius 3 is 2.53 bits per heavy atom. The molecule has 30 heavy (non-hydrogen) atoms. The van der Waals surface area contributed by atoms with Crippen LogP contribution in [-0.2, 0) is 0 Å². The number of hydrogen-bond acceptors (Lipinski definition) is 7.